The summed E-state index contributed by atoms with van der Waals surface area (Å²) in [5.74, 6) is -1.48. The van der Waals surface area contributed by atoms with E-state index >= 15 is 0 Å². The molecule has 8 nitrogen and oxygen atoms in total. The number of hydrogen-bond donors (Lipinski definition) is 1. The Morgan fingerprint density at radius 1 is 1.03 bits per heavy atom. The van der Waals surface area contributed by atoms with E-state index in [2.05, 4.69) is 15.5 Å². The Hall–Kier alpha value is -4.44. The first-order valence-electron chi connectivity index (χ1n) is 10.6. The fourth-order valence-electron chi connectivity index (χ4n) is 3.87. The van der Waals surface area contributed by atoms with Crippen molar-refractivity contribution in [3.05, 3.63) is 110 Å². The summed E-state index contributed by atoms with van der Waals surface area (Å²) in [5.41, 5.74) is 2.78. The SMILES string of the molecule is Cc1sc2ncn(NC(=O)c3nn(-c4ccccc4F)c(C)cc3=O)c(=O)c2c1-c1ccccc1. The van der Waals surface area contributed by atoms with E-state index in [0.717, 1.165) is 20.7 Å². The van der Waals surface area contributed by atoms with E-state index in [1.807, 2.05) is 37.3 Å². The standard InChI is InChI=1S/C25H18FN5O3S/c1-14-12-19(32)22(28-31(14)18-11-7-6-10-17(18)26)23(33)29-30-13-27-24-21(25(30)34)20(15(2)35-24)16-8-4-3-5-9-16/h3-13H,1-2H3,(H,29,33). The number of benzene rings is 2. The van der Waals surface area contributed by atoms with E-state index in [1.54, 1.807) is 13.0 Å². The van der Waals surface area contributed by atoms with E-state index in [4.69, 9.17) is 0 Å². The predicted octanol–water partition coefficient (Wildman–Crippen LogP) is 3.81. The van der Waals surface area contributed by atoms with Gasteiger partial charge >= 0.3 is 0 Å². The fraction of sp³-hybridized carbons (Fsp3) is 0.0800. The molecule has 0 fully saturated rings. The van der Waals surface area contributed by atoms with E-state index in [9.17, 15) is 18.8 Å². The van der Waals surface area contributed by atoms with Crippen LogP contribution in [0.2, 0.25) is 0 Å². The van der Waals surface area contributed by atoms with Gasteiger partial charge in [0.05, 0.1) is 5.39 Å². The number of carbonyl (C=O) groups is 1. The molecule has 0 saturated heterocycles. The summed E-state index contributed by atoms with van der Waals surface area (Å²) >= 11 is 1.38. The number of rotatable bonds is 4. The molecule has 3 aromatic heterocycles. The third-order valence-corrected chi connectivity index (χ3v) is 6.49. The highest BCUT2D eigenvalue weighted by molar-refractivity contribution is 7.19. The first-order chi connectivity index (χ1) is 16.8. The molecule has 2 aromatic carbocycles. The molecule has 0 saturated carbocycles. The second-order valence-corrected chi connectivity index (χ2v) is 9.01. The van der Waals surface area contributed by atoms with Gasteiger partial charge in [-0.3, -0.25) is 19.8 Å². The lowest BCUT2D eigenvalue weighted by Gasteiger charge is -2.12. The number of para-hydroxylation sites is 1. The van der Waals surface area contributed by atoms with Crippen molar-refractivity contribution in [2.75, 3.05) is 5.43 Å². The smallest absolute Gasteiger partial charge is 0.287 e. The van der Waals surface area contributed by atoms with Crippen LogP contribution in [-0.2, 0) is 0 Å². The number of amides is 1. The summed E-state index contributed by atoms with van der Waals surface area (Å²) in [5, 5.41) is 4.44. The lowest BCUT2D eigenvalue weighted by molar-refractivity contribution is 0.0999. The van der Waals surface area contributed by atoms with Gasteiger partial charge in [-0.25, -0.2) is 18.7 Å². The normalized spacial score (nSPS) is 11.1. The highest BCUT2D eigenvalue weighted by Crippen LogP contribution is 2.35. The Morgan fingerprint density at radius 2 is 1.74 bits per heavy atom. The minimum atomic E-state index is -0.920. The number of hydrogen-bond acceptors (Lipinski definition) is 6. The Bertz CT molecular complexity index is 1720. The number of halogens is 1. The molecular weight excluding hydrogens is 469 g/mol. The Kier molecular flexibility index (Phi) is 5.58. The lowest BCUT2D eigenvalue weighted by atomic mass is 10.0. The van der Waals surface area contributed by atoms with Gasteiger partial charge in [-0.05, 0) is 31.5 Å². The van der Waals surface area contributed by atoms with Gasteiger partial charge in [0.2, 0.25) is 5.43 Å². The van der Waals surface area contributed by atoms with Crippen LogP contribution in [0.25, 0.3) is 27.0 Å². The van der Waals surface area contributed by atoms with Crippen LogP contribution in [0.5, 0.6) is 0 Å². The molecule has 174 valence electrons. The van der Waals surface area contributed by atoms with Crippen LogP contribution < -0.4 is 16.4 Å². The zero-order chi connectivity index (χ0) is 24.7. The van der Waals surface area contributed by atoms with Gasteiger partial charge in [0, 0.05) is 22.2 Å². The maximum atomic E-state index is 14.3. The molecule has 1 amide bonds. The summed E-state index contributed by atoms with van der Waals surface area (Å²) in [4.78, 5) is 44.6. The second-order valence-electron chi connectivity index (χ2n) is 7.80. The molecule has 0 bridgehead atoms. The first kappa shape index (κ1) is 22.4. The van der Waals surface area contributed by atoms with Gasteiger partial charge in [0.15, 0.2) is 5.69 Å². The van der Waals surface area contributed by atoms with E-state index in [-0.39, 0.29) is 5.69 Å². The zero-order valence-electron chi connectivity index (χ0n) is 18.7. The summed E-state index contributed by atoms with van der Waals surface area (Å²) in [6, 6.07) is 16.5. The molecule has 5 rings (SSSR count). The Morgan fingerprint density at radius 3 is 2.49 bits per heavy atom. The van der Waals surface area contributed by atoms with Gasteiger partial charge in [-0.2, -0.15) is 5.10 Å². The maximum absolute atomic E-state index is 14.3. The van der Waals surface area contributed by atoms with Crippen LogP contribution in [0.1, 0.15) is 21.1 Å². The van der Waals surface area contributed by atoms with Crippen molar-refractivity contribution >= 4 is 27.5 Å². The number of aryl methyl sites for hydroxylation is 2. The Labute approximate surface area is 201 Å². The average molecular weight is 488 g/mol. The molecular formula is C25H18FN5O3S. The lowest BCUT2D eigenvalue weighted by Crippen LogP contribution is -2.36. The molecule has 5 aromatic rings. The minimum Gasteiger partial charge on any atom is -0.287 e. The van der Waals surface area contributed by atoms with E-state index < -0.39 is 28.4 Å². The van der Waals surface area contributed by atoms with E-state index in [0.29, 0.717) is 15.9 Å². The quantitative estimate of drug-likeness (QED) is 0.416. The fourth-order valence-corrected chi connectivity index (χ4v) is 4.87. The maximum Gasteiger partial charge on any atom is 0.294 e. The van der Waals surface area contributed by atoms with Gasteiger partial charge in [0.1, 0.15) is 22.7 Å². The van der Waals surface area contributed by atoms with Crippen LogP contribution in [0.3, 0.4) is 0 Å². The molecule has 1 N–H and O–H groups in total. The van der Waals surface area contributed by atoms with Crippen molar-refractivity contribution in [2.45, 2.75) is 13.8 Å². The van der Waals surface area contributed by atoms with Crippen LogP contribution in [0, 0.1) is 19.7 Å². The molecule has 0 aliphatic rings. The number of nitrogens with one attached hydrogen (secondary N) is 1. The summed E-state index contributed by atoms with van der Waals surface area (Å²) in [6.45, 7) is 3.48. The van der Waals surface area contributed by atoms with Crippen LogP contribution in [-0.4, -0.2) is 25.3 Å². The summed E-state index contributed by atoms with van der Waals surface area (Å²) in [7, 11) is 0. The molecule has 0 spiro atoms. The first-order valence-corrected chi connectivity index (χ1v) is 11.4. The topological polar surface area (TPSA) is 98.9 Å². The molecule has 10 heteroatoms. The molecule has 3 heterocycles. The van der Waals surface area contributed by atoms with Crippen molar-refractivity contribution in [3.63, 3.8) is 0 Å². The average Bonchev–Trinajstić information content (AvgIpc) is 3.19. The monoisotopic (exact) mass is 487 g/mol. The number of carbonyl (C=O) groups excluding carboxylic acids is 1. The van der Waals surface area contributed by atoms with Crippen molar-refractivity contribution < 1.29 is 9.18 Å². The van der Waals surface area contributed by atoms with Crippen molar-refractivity contribution in [1.82, 2.24) is 19.4 Å². The van der Waals surface area contributed by atoms with E-state index in [1.165, 1.54) is 46.6 Å². The zero-order valence-corrected chi connectivity index (χ0v) is 19.5. The molecule has 0 atom stereocenters. The number of thiophene rings is 1. The molecule has 0 aliphatic carbocycles. The highest BCUT2D eigenvalue weighted by Gasteiger charge is 2.20. The van der Waals surface area contributed by atoms with Gasteiger partial charge < -0.3 is 0 Å². The summed E-state index contributed by atoms with van der Waals surface area (Å²) in [6.07, 6.45) is 1.19. The van der Waals surface area contributed by atoms with Crippen molar-refractivity contribution in [3.8, 4) is 16.8 Å². The molecule has 0 aliphatic heterocycles. The van der Waals surface area contributed by atoms with Crippen molar-refractivity contribution in [1.29, 1.82) is 0 Å². The van der Waals surface area contributed by atoms with Crippen molar-refractivity contribution in [2.24, 2.45) is 0 Å². The molecule has 0 unspecified atom stereocenters. The van der Waals surface area contributed by atoms with Gasteiger partial charge in [-0.1, -0.05) is 42.5 Å². The Balaban J connectivity index is 1.58. The highest BCUT2D eigenvalue weighted by atomic mass is 32.1. The number of aromatic nitrogens is 4. The summed E-state index contributed by atoms with van der Waals surface area (Å²) < 4.78 is 16.4. The van der Waals surface area contributed by atoms with Gasteiger partial charge in [-0.15, -0.1) is 11.3 Å². The molecule has 0 radical (unpaired) electrons. The molecule has 35 heavy (non-hydrogen) atoms. The van der Waals surface area contributed by atoms with Crippen LogP contribution >= 0.6 is 11.3 Å². The largest absolute Gasteiger partial charge is 0.294 e. The van der Waals surface area contributed by atoms with Gasteiger partial charge in [0.25, 0.3) is 11.5 Å². The second kappa shape index (κ2) is 8.73. The minimum absolute atomic E-state index is 0.0838. The number of nitrogens with zero attached hydrogens (tertiary/aromatic N) is 4. The van der Waals surface area contributed by atoms with Crippen LogP contribution in [0.15, 0.2) is 76.6 Å². The number of fused-ring (bicyclic) bond motifs is 1. The third kappa shape index (κ3) is 3.93. The van der Waals surface area contributed by atoms with Crippen LogP contribution in [0.4, 0.5) is 4.39 Å². The predicted molar refractivity (Wildman–Crippen MR) is 132 cm³/mol. The third-order valence-electron chi connectivity index (χ3n) is 5.48.